The second kappa shape index (κ2) is 3.76. The fourth-order valence-electron chi connectivity index (χ4n) is 1.04. The number of halogens is 2. The Morgan fingerprint density at radius 3 is 2.77 bits per heavy atom. The molecule has 0 radical (unpaired) electrons. The molecule has 1 aliphatic heterocycles. The summed E-state index contributed by atoms with van der Waals surface area (Å²) >= 11 is 8.23. The number of fused-ring (bicyclic) bond motifs is 1. The molecule has 0 amide bonds. The molecule has 1 aromatic rings. The smallest absolute Gasteiger partial charge is 0.188 e. The van der Waals surface area contributed by atoms with Crippen LogP contribution in [0.2, 0.25) is 0 Å². The number of rotatable bonds is 1. The fourth-order valence-corrected chi connectivity index (χ4v) is 3.87. The molecule has 1 aromatic heterocycles. The molecule has 0 saturated carbocycles. The van der Waals surface area contributed by atoms with E-state index in [9.17, 15) is 0 Å². The van der Waals surface area contributed by atoms with E-state index >= 15 is 0 Å². The third-order valence-corrected chi connectivity index (χ3v) is 4.06. The number of hydrogen-bond acceptors (Lipinski definition) is 4. The van der Waals surface area contributed by atoms with Gasteiger partial charge < -0.3 is 14.6 Å². The van der Waals surface area contributed by atoms with Crippen molar-refractivity contribution in [1.82, 2.24) is 0 Å². The van der Waals surface area contributed by atoms with Crippen LogP contribution in [0.3, 0.4) is 0 Å². The number of ether oxygens (including phenoxy) is 2. The van der Waals surface area contributed by atoms with Crippen LogP contribution in [-0.4, -0.2) is 24.4 Å². The molecule has 0 bridgehead atoms. The molecule has 6 heteroatoms. The summed E-state index contributed by atoms with van der Waals surface area (Å²) in [6.45, 7) is 0.366. The summed E-state index contributed by atoms with van der Waals surface area (Å²) in [5.41, 5.74) is 0. The predicted octanol–water partition coefficient (Wildman–Crippen LogP) is 2.41. The normalized spacial score (nSPS) is 20.4. The van der Waals surface area contributed by atoms with Gasteiger partial charge in [0.05, 0.1) is 6.61 Å². The molecule has 3 nitrogen and oxygen atoms in total. The number of hydrogen-bond donors (Lipinski definition) is 1. The van der Waals surface area contributed by atoms with Crippen LogP contribution in [0.4, 0.5) is 0 Å². The van der Waals surface area contributed by atoms with Crippen LogP contribution < -0.4 is 9.47 Å². The molecule has 0 fully saturated rings. The lowest BCUT2D eigenvalue weighted by atomic mass is 10.3. The largest absolute Gasteiger partial charge is 0.484 e. The molecule has 0 aromatic carbocycles. The summed E-state index contributed by atoms with van der Waals surface area (Å²) in [7, 11) is 0. The van der Waals surface area contributed by atoms with Crippen LogP contribution in [-0.2, 0) is 0 Å². The van der Waals surface area contributed by atoms with Gasteiger partial charge in [0.2, 0.25) is 0 Å². The first-order chi connectivity index (χ1) is 6.22. The number of thiophene rings is 1. The first-order valence-corrected chi connectivity index (χ1v) is 6.00. The summed E-state index contributed by atoms with van der Waals surface area (Å²) in [5, 5.41) is 8.89. The Morgan fingerprint density at radius 1 is 1.38 bits per heavy atom. The van der Waals surface area contributed by atoms with Gasteiger partial charge in [-0.25, -0.2) is 0 Å². The van der Waals surface area contributed by atoms with Crippen LogP contribution >= 0.6 is 43.2 Å². The Balaban J connectivity index is 2.33. The average Bonchev–Trinajstić information content (AvgIpc) is 2.42. The van der Waals surface area contributed by atoms with Crippen molar-refractivity contribution in [1.29, 1.82) is 0 Å². The Morgan fingerprint density at radius 2 is 2.08 bits per heavy atom. The third kappa shape index (κ3) is 1.72. The molecule has 72 valence electrons. The molecule has 0 spiro atoms. The molecular weight excluding hydrogens is 324 g/mol. The summed E-state index contributed by atoms with van der Waals surface area (Å²) in [6.07, 6.45) is -0.259. The second-order valence-electron chi connectivity index (χ2n) is 2.54. The van der Waals surface area contributed by atoms with Crippen LogP contribution in [0.1, 0.15) is 0 Å². The second-order valence-corrected chi connectivity index (χ2v) is 6.20. The Bertz CT molecular complexity index is 326. The average molecular weight is 330 g/mol. The zero-order valence-corrected chi connectivity index (χ0v) is 10.4. The molecular formula is C7H6Br2O3S. The van der Waals surface area contributed by atoms with E-state index in [2.05, 4.69) is 31.9 Å². The highest BCUT2D eigenvalue weighted by atomic mass is 79.9. The van der Waals surface area contributed by atoms with Crippen molar-refractivity contribution in [3.8, 4) is 11.5 Å². The van der Waals surface area contributed by atoms with E-state index in [0.29, 0.717) is 12.4 Å². The van der Waals surface area contributed by atoms with Gasteiger partial charge in [0.1, 0.15) is 14.2 Å². The van der Waals surface area contributed by atoms with E-state index in [1.165, 1.54) is 11.3 Å². The zero-order chi connectivity index (χ0) is 9.42. The summed E-state index contributed by atoms with van der Waals surface area (Å²) in [6, 6.07) is 0. The third-order valence-electron chi connectivity index (χ3n) is 1.64. The van der Waals surface area contributed by atoms with Crippen LogP contribution in [0.25, 0.3) is 0 Å². The highest BCUT2D eigenvalue weighted by molar-refractivity contribution is 9.12. The van der Waals surface area contributed by atoms with Gasteiger partial charge in [-0.3, -0.25) is 0 Å². The standard InChI is InChI=1S/C7H6Br2O3S/c8-6-4-5(7(9)13-6)12-3(1-10)2-11-4/h3,10H,1-2H2. The minimum absolute atomic E-state index is 0.0284. The maximum Gasteiger partial charge on any atom is 0.188 e. The van der Waals surface area contributed by atoms with E-state index in [1.807, 2.05) is 0 Å². The lowest BCUT2D eigenvalue weighted by molar-refractivity contribution is 0.0456. The molecule has 0 aliphatic carbocycles. The quantitative estimate of drug-likeness (QED) is 0.860. The minimum atomic E-state index is -0.259. The van der Waals surface area contributed by atoms with Crippen molar-refractivity contribution in [2.24, 2.45) is 0 Å². The van der Waals surface area contributed by atoms with Crippen molar-refractivity contribution in [3.63, 3.8) is 0 Å². The van der Waals surface area contributed by atoms with Gasteiger partial charge in [0, 0.05) is 0 Å². The van der Waals surface area contributed by atoms with Crippen LogP contribution in [0.15, 0.2) is 7.57 Å². The molecule has 2 heterocycles. The zero-order valence-electron chi connectivity index (χ0n) is 6.42. The van der Waals surface area contributed by atoms with Crippen molar-refractivity contribution < 1.29 is 14.6 Å². The molecule has 13 heavy (non-hydrogen) atoms. The van der Waals surface area contributed by atoms with Gasteiger partial charge in [0.15, 0.2) is 17.6 Å². The molecule has 0 saturated heterocycles. The maximum absolute atomic E-state index is 8.89. The van der Waals surface area contributed by atoms with Crippen LogP contribution in [0, 0.1) is 0 Å². The van der Waals surface area contributed by atoms with E-state index < -0.39 is 0 Å². The molecule has 2 rings (SSSR count). The minimum Gasteiger partial charge on any atom is -0.484 e. The van der Waals surface area contributed by atoms with Gasteiger partial charge in [0.25, 0.3) is 0 Å². The molecule has 1 N–H and O–H groups in total. The van der Waals surface area contributed by atoms with E-state index in [-0.39, 0.29) is 12.7 Å². The SMILES string of the molecule is OCC1COc2c(Br)sc(Br)c2O1. The summed E-state index contributed by atoms with van der Waals surface area (Å²) in [5.74, 6) is 1.41. The van der Waals surface area contributed by atoms with Crippen molar-refractivity contribution in [3.05, 3.63) is 7.57 Å². The Hall–Kier alpha value is 0.220. The molecule has 1 unspecified atom stereocenters. The lowest BCUT2D eigenvalue weighted by Gasteiger charge is -2.23. The summed E-state index contributed by atoms with van der Waals surface area (Å²) in [4.78, 5) is 0. The number of aliphatic hydroxyl groups is 1. The number of aliphatic hydroxyl groups excluding tert-OH is 1. The predicted molar refractivity (Wildman–Crippen MR) is 56.7 cm³/mol. The van der Waals surface area contributed by atoms with Crippen LogP contribution in [0.5, 0.6) is 11.5 Å². The van der Waals surface area contributed by atoms with E-state index in [1.54, 1.807) is 0 Å². The molecule has 1 atom stereocenters. The van der Waals surface area contributed by atoms with Crippen molar-refractivity contribution in [2.75, 3.05) is 13.2 Å². The fraction of sp³-hybridized carbons (Fsp3) is 0.429. The first kappa shape index (κ1) is 9.76. The summed E-state index contributed by atoms with van der Waals surface area (Å²) < 4.78 is 12.7. The maximum atomic E-state index is 8.89. The molecule has 1 aliphatic rings. The topological polar surface area (TPSA) is 38.7 Å². The highest BCUT2D eigenvalue weighted by Gasteiger charge is 2.27. The Labute approximate surface area is 95.9 Å². The van der Waals surface area contributed by atoms with E-state index in [0.717, 1.165) is 13.3 Å². The first-order valence-electron chi connectivity index (χ1n) is 3.60. The van der Waals surface area contributed by atoms with Crippen molar-refractivity contribution >= 4 is 43.2 Å². The van der Waals surface area contributed by atoms with Gasteiger partial charge in [-0.15, -0.1) is 11.3 Å². The van der Waals surface area contributed by atoms with Gasteiger partial charge in [-0.2, -0.15) is 0 Å². The Kier molecular flexibility index (Phi) is 2.83. The lowest BCUT2D eigenvalue weighted by Crippen LogP contribution is -2.31. The van der Waals surface area contributed by atoms with Gasteiger partial charge in [-0.1, -0.05) is 0 Å². The van der Waals surface area contributed by atoms with Gasteiger partial charge >= 0.3 is 0 Å². The van der Waals surface area contributed by atoms with E-state index in [4.69, 9.17) is 14.6 Å². The monoisotopic (exact) mass is 328 g/mol. The highest BCUT2D eigenvalue weighted by Crippen LogP contribution is 2.50. The van der Waals surface area contributed by atoms with Crippen molar-refractivity contribution in [2.45, 2.75) is 6.10 Å². The van der Waals surface area contributed by atoms with Gasteiger partial charge in [-0.05, 0) is 31.9 Å².